The second-order valence-corrected chi connectivity index (χ2v) is 7.94. The first-order valence-corrected chi connectivity index (χ1v) is 9.22. The average Bonchev–Trinajstić information content (AvgIpc) is 2.88. The van der Waals surface area contributed by atoms with Crippen molar-refractivity contribution in [1.82, 2.24) is 5.32 Å². The normalized spacial score (nSPS) is 13.3. The molecule has 1 unspecified atom stereocenters. The molecule has 1 aromatic heterocycles. The van der Waals surface area contributed by atoms with Crippen molar-refractivity contribution in [3.8, 4) is 0 Å². The first kappa shape index (κ1) is 15.2. The van der Waals surface area contributed by atoms with E-state index in [9.17, 15) is 8.42 Å². The summed E-state index contributed by atoms with van der Waals surface area (Å²) in [6, 6.07) is 11.4. The van der Waals surface area contributed by atoms with Gasteiger partial charge in [-0.15, -0.1) is 11.3 Å². The summed E-state index contributed by atoms with van der Waals surface area (Å²) >= 11 is 1.76. The van der Waals surface area contributed by atoms with Gasteiger partial charge in [0, 0.05) is 16.0 Å². The SMILES string of the molecule is CCc1ccc(C(NC)c2cccc(S(C)(=O)=O)c2)s1. The molecular weight excluding hydrogens is 290 g/mol. The van der Waals surface area contributed by atoms with Crippen molar-refractivity contribution < 1.29 is 8.42 Å². The molecule has 1 atom stereocenters. The van der Waals surface area contributed by atoms with E-state index < -0.39 is 9.84 Å². The van der Waals surface area contributed by atoms with Gasteiger partial charge in [0.25, 0.3) is 0 Å². The summed E-state index contributed by atoms with van der Waals surface area (Å²) in [7, 11) is -1.28. The Balaban J connectivity index is 2.42. The highest BCUT2D eigenvalue weighted by Gasteiger charge is 2.16. The van der Waals surface area contributed by atoms with E-state index in [0.29, 0.717) is 4.90 Å². The van der Waals surface area contributed by atoms with Gasteiger partial charge in [-0.3, -0.25) is 0 Å². The molecule has 2 aromatic rings. The molecule has 108 valence electrons. The number of thiophene rings is 1. The van der Waals surface area contributed by atoms with Crippen LogP contribution >= 0.6 is 11.3 Å². The number of benzene rings is 1. The molecule has 0 amide bonds. The van der Waals surface area contributed by atoms with Crippen molar-refractivity contribution in [3.63, 3.8) is 0 Å². The maximum Gasteiger partial charge on any atom is 0.175 e. The lowest BCUT2D eigenvalue weighted by atomic mass is 10.1. The molecule has 0 aliphatic heterocycles. The molecule has 5 heteroatoms. The van der Waals surface area contributed by atoms with E-state index in [1.165, 1.54) is 16.0 Å². The molecule has 1 heterocycles. The number of rotatable bonds is 5. The van der Waals surface area contributed by atoms with Gasteiger partial charge >= 0.3 is 0 Å². The highest BCUT2D eigenvalue weighted by molar-refractivity contribution is 7.90. The Morgan fingerprint density at radius 3 is 2.55 bits per heavy atom. The van der Waals surface area contributed by atoms with Crippen LogP contribution < -0.4 is 5.32 Å². The minimum atomic E-state index is -3.17. The van der Waals surface area contributed by atoms with Gasteiger partial charge in [-0.1, -0.05) is 19.1 Å². The zero-order valence-electron chi connectivity index (χ0n) is 11.9. The molecule has 1 N–H and O–H groups in total. The van der Waals surface area contributed by atoms with Crippen LogP contribution in [0.3, 0.4) is 0 Å². The molecule has 2 rings (SSSR count). The van der Waals surface area contributed by atoms with Crippen molar-refractivity contribution in [3.05, 3.63) is 51.7 Å². The molecule has 0 bridgehead atoms. The van der Waals surface area contributed by atoms with Crippen molar-refractivity contribution in [1.29, 1.82) is 0 Å². The lowest BCUT2D eigenvalue weighted by molar-refractivity contribution is 0.601. The maximum atomic E-state index is 11.7. The Hall–Kier alpha value is -1.17. The third kappa shape index (κ3) is 3.29. The van der Waals surface area contributed by atoms with E-state index in [-0.39, 0.29) is 6.04 Å². The van der Waals surface area contributed by atoms with Gasteiger partial charge in [0.1, 0.15) is 0 Å². The Morgan fingerprint density at radius 2 is 2.00 bits per heavy atom. The van der Waals surface area contributed by atoms with E-state index in [0.717, 1.165) is 12.0 Å². The second kappa shape index (κ2) is 6.08. The van der Waals surface area contributed by atoms with E-state index in [2.05, 4.69) is 24.4 Å². The van der Waals surface area contributed by atoms with E-state index in [4.69, 9.17) is 0 Å². The fourth-order valence-corrected chi connectivity index (χ4v) is 3.90. The van der Waals surface area contributed by atoms with Crippen molar-refractivity contribution in [2.75, 3.05) is 13.3 Å². The molecular formula is C15H19NO2S2. The smallest absolute Gasteiger partial charge is 0.175 e. The standard InChI is InChI=1S/C15H19NO2S2/c1-4-12-8-9-14(19-12)15(16-2)11-6-5-7-13(10-11)20(3,17)18/h5-10,15-16H,4H2,1-3H3. The quantitative estimate of drug-likeness (QED) is 0.923. The summed E-state index contributed by atoms with van der Waals surface area (Å²) in [5.41, 5.74) is 0.972. The largest absolute Gasteiger partial charge is 0.309 e. The van der Waals surface area contributed by atoms with Crippen LogP contribution in [0.5, 0.6) is 0 Å². The highest BCUT2D eigenvalue weighted by atomic mass is 32.2. The third-order valence-electron chi connectivity index (χ3n) is 3.22. The number of nitrogens with one attached hydrogen (secondary N) is 1. The molecule has 0 saturated carbocycles. The van der Waals surface area contributed by atoms with Gasteiger partial charge in [0.2, 0.25) is 0 Å². The van der Waals surface area contributed by atoms with E-state index in [1.807, 2.05) is 13.1 Å². The Labute approximate surface area is 124 Å². The van der Waals surface area contributed by atoms with Crippen LogP contribution in [0.2, 0.25) is 0 Å². The highest BCUT2D eigenvalue weighted by Crippen LogP contribution is 2.29. The first-order chi connectivity index (χ1) is 9.45. The van der Waals surface area contributed by atoms with Crippen LogP contribution in [-0.2, 0) is 16.3 Å². The van der Waals surface area contributed by atoms with Crippen LogP contribution in [-0.4, -0.2) is 21.7 Å². The number of aryl methyl sites for hydroxylation is 1. The summed E-state index contributed by atoms with van der Waals surface area (Å²) in [5.74, 6) is 0. The van der Waals surface area contributed by atoms with E-state index >= 15 is 0 Å². The van der Waals surface area contributed by atoms with Crippen molar-refractivity contribution >= 4 is 21.2 Å². The van der Waals surface area contributed by atoms with E-state index in [1.54, 1.807) is 29.5 Å². The number of sulfone groups is 1. The summed E-state index contributed by atoms with van der Waals surface area (Å²) in [6.07, 6.45) is 2.26. The Morgan fingerprint density at radius 1 is 1.25 bits per heavy atom. The van der Waals surface area contributed by atoms with Crippen LogP contribution in [0.4, 0.5) is 0 Å². The fourth-order valence-electron chi connectivity index (χ4n) is 2.14. The maximum absolute atomic E-state index is 11.7. The molecule has 0 saturated heterocycles. The van der Waals surface area contributed by atoms with Gasteiger partial charge in [0.05, 0.1) is 10.9 Å². The average molecular weight is 309 g/mol. The summed E-state index contributed by atoms with van der Waals surface area (Å²) in [4.78, 5) is 2.90. The molecule has 20 heavy (non-hydrogen) atoms. The lowest BCUT2D eigenvalue weighted by Crippen LogP contribution is -2.16. The number of hydrogen-bond donors (Lipinski definition) is 1. The Bertz CT molecular complexity index is 689. The van der Waals surface area contributed by atoms with Crippen molar-refractivity contribution in [2.45, 2.75) is 24.3 Å². The van der Waals surface area contributed by atoms with Crippen LogP contribution in [0, 0.1) is 0 Å². The topological polar surface area (TPSA) is 46.2 Å². The monoisotopic (exact) mass is 309 g/mol. The molecule has 3 nitrogen and oxygen atoms in total. The number of hydrogen-bond acceptors (Lipinski definition) is 4. The molecule has 0 fully saturated rings. The molecule has 1 aromatic carbocycles. The van der Waals surface area contributed by atoms with Crippen molar-refractivity contribution in [2.24, 2.45) is 0 Å². The van der Waals surface area contributed by atoms with Crippen LogP contribution in [0.15, 0.2) is 41.3 Å². The minimum absolute atomic E-state index is 0.0296. The third-order valence-corrected chi connectivity index (χ3v) is 5.63. The van der Waals surface area contributed by atoms with Gasteiger partial charge < -0.3 is 5.32 Å². The second-order valence-electron chi connectivity index (χ2n) is 4.72. The molecule has 0 spiro atoms. The summed E-state index contributed by atoms with van der Waals surface area (Å²) < 4.78 is 23.3. The molecule has 0 radical (unpaired) electrons. The summed E-state index contributed by atoms with van der Waals surface area (Å²) in [5, 5.41) is 3.27. The van der Waals surface area contributed by atoms with Crippen LogP contribution in [0.25, 0.3) is 0 Å². The predicted octanol–water partition coefficient (Wildman–Crippen LogP) is 3.02. The lowest BCUT2D eigenvalue weighted by Gasteiger charge is -2.15. The Kier molecular flexibility index (Phi) is 4.62. The zero-order chi connectivity index (χ0) is 14.8. The van der Waals surface area contributed by atoms with Gasteiger partial charge in [-0.05, 0) is 43.3 Å². The zero-order valence-corrected chi connectivity index (χ0v) is 13.5. The first-order valence-electron chi connectivity index (χ1n) is 6.51. The fraction of sp³-hybridized carbons (Fsp3) is 0.333. The van der Waals surface area contributed by atoms with Gasteiger partial charge in [0.15, 0.2) is 9.84 Å². The predicted molar refractivity (Wildman–Crippen MR) is 84.2 cm³/mol. The summed E-state index contributed by atoms with van der Waals surface area (Å²) in [6.45, 7) is 2.13. The molecule has 0 aliphatic rings. The molecule has 0 aliphatic carbocycles. The van der Waals surface area contributed by atoms with Gasteiger partial charge in [-0.25, -0.2) is 8.42 Å². The van der Waals surface area contributed by atoms with Gasteiger partial charge in [-0.2, -0.15) is 0 Å². The van der Waals surface area contributed by atoms with Crippen LogP contribution in [0.1, 0.15) is 28.3 Å². The minimum Gasteiger partial charge on any atom is -0.309 e.